The van der Waals surface area contributed by atoms with Gasteiger partial charge in [0.25, 0.3) is 0 Å². The van der Waals surface area contributed by atoms with Gasteiger partial charge in [0.05, 0.1) is 5.25 Å². The van der Waals surface area contributed by atoms with Crippen LogP contribution in [0.2, 0.25) is 0 Å². The van der Waals surface area contributed by atoms with E-state index < -0.39 is 0 Å². The van der Waals surface area contributed by atoms with Crippen molar-refractivity contribution in [2.75, 3.05) is 11.9 Å². The maximum Gasteiger partial charge on any atom is 0.237 e. The number of amides is 1. The molecule has 0 aliphatic carbocycles. The standard InChI is InChI=1S/C18H19NO2S/c1-3-13-21-16-11-9-15(10-12-16)19-18(20)14(2)22-17-7-5-4-6-8-17/h3-12,14H,1,13H2,2H3,(H,19,20)/t14-/m1/s1. The number of rotatable bonds is 7. The molecule has 0 bridgehead atoms. The first-order valence-corrected chi connectivity index (χ1v) is 7.93. The molecule has 0 aliphatic heterocycles. The highest BCUT2D eigenvalue weighted by molar-refractivity contribution is 8.00. The summed E-state index contributed by atoms with van der Waals surface area (Å²) in [6.07, 6.45) is 1.69. The lowest BCUT2D eigenvalue weighted by Gasteiger charge is -2.12. The van der Waals surface area contributed by atoms with Crippen molar-refractivity contribution in [3.8, 4) is 5.75 Å². The third kappa shape index (κ3) is 4.97. The number of carbonyl (C=O) groups excluding carboxylic acids is 1. The number of ether oxygens (including phenoxy) is 1. The average Bonchev–Trinajstić information content (AvgIpc) is 2.55. The molecule has 2 aromatic carbocycles. The van der Waals surface area contributed by atoms with Gasteiger partial charge in [0.1, 0.15) is 12.4 Å². The van der Waals surface area contributed by atoms with E-state index in [-0.39, 0.29) is 11.2 Å². The van der Waals surface area contributed by atoms with Crippen molar-refractivity contribution in [3.63, 3.8) is 0 Å². The fourth-order valence-corrected chi connectivity index (χ4v) is 2.68. The Morgan fingerprint density at radius 2 is 1.91 bits per heavy atom. The van der Waals surface area contributed by atoms with Gasteiger partial charge in [-0.25, -0.2) is 0 Å². The minimum absolute atomic E-state index is 0.0198. The predicted octanol–water partition coefficient (Wildman–Crippen LogP) is 4.37. The lowest BCUT2D eigenvalue weighted by Crippen LogP contribution is -2.22. The Morgan fingerprint density at radius 3 is 2.55 bits per heavy atom. The summed E-state index contributed by atoms with van der Waals surface area (Å²) >= 11 is 1.54. The molecule has 2 aromatic rings. The van der Waals surface area contributed by atoms with E-state index >= 15 is 0 Å². The minimum atomic E-state index is -0.168. The first kappa shape index (κ1) is 16.2. The van der Waals surface area contributed by atoms with Crippen molar-refractivity contribution < 1.29 is 9.53 Å². The molecule has 0 spiro atoms. The topological polar surface area (TPSA) is 38.3 Å². The highest BCUT2D eigenvalue weighted by Crippen LogP contribution is 2.24. The third-order valence-corrected chi connectivity index (χ3v) is 4.03. The van der Waals surface area contributed by atoms with Gasteiger partial charge >= 0.3 is 0 Å². The number of hydrogen-bond acceptors (Lipinski definition) is 3. The van der Waals surface area contributed by atoms with Crippen molar-refractivity contribution >= 4 is 23.4 Å². The van der Waals surface area contributed by atoms with Crippen LogP contribution in [0, 0.1) is 0 Å². The van der Waals surface area contributed by atoms with Gasteiger partial charge in [-0.15, -0.1) is 11.8 Å². The number of hydrogen-bond donors (Lipinski definition) is 1. The van der Waals surface area contributed by atoms with E-state index in [1.807, 2.05) is 61.5 Å². The van der Waals surface area contributed by atoms with E-state index in [4.69, 9.17) is 4.74 Å². The van der Waals surface area contributed by atoms with E-state index in [2.05, 4.69) is 11.9 Å². The van der Waals surface area contributed by atoms with Gasteiger partial charge in [-0.1, -0.05) is 30.9 Å². The van der Waals surface area contributed by atoms with Crippen LogP contribution in [0.1, 0.15) is 6.92 Å². The highest BCUT2D eigenvalue weighted by Gasteiger charge is 2.14. The number of anilines is 1. The summed E-state index contributed by atoms with van der Waals surface area (Å²) in [5.41, 5.74) is 0.761. The van der Waals surface area contributed by atoms with Crippen LogP contribution < -0.4 is 10.1 Å². The van der Waals surface area contributed by atoms with Crippen LogP contribution in [0.3, 0.4) is 0 Å². The molecule has 0 saturated heterocycles. The van der Waals surface area contributed by atoms with Gasteiger partial charge in [0.2, 0.25) is 5.91 Å². The molecule has 0 saturated carbocycles. The second kappa shape index (κ2) is 8.29. The molecular weight excluding hydrogens is 294 g/mol. The molecule has 1 atom stereocenters. The van der Waals surface area contributed by atoms with Crippen LogP contribution in [0.15, 0.2) is 72.1 Å². The second-order valence-corrected chi connectivity index (χ2v) is 6.10. The molecule has 2 rings (SSSR count). The van der Waals surface area contributed by atoms with Gasteiger partial charge < -0.3 is 10.1 Å². The Kier molecular flexibility index (Phi) is 6.10. The first-order chi connectivity index (χ1) is 10.7. The van der Waals surface area contributed by atoms with Gasteiger partial charge in [0.15, 0.2) is 0 Å². The smallest absolute Gasteiger partial charge is 0.237 e. The number of carbonyl (C=O) groups is 1. The summed E-state index contributed by atoms with van der Waals surface area (Å²) in [5.74, 6) is 0.734. The zero-order valence-electron chi connectivity index (χ0n) is 12.5. The molecule has 0 aliphatic rings. The SMILES string of the molecule is C=CCOc1ccc(NC(=O)[C@@H](C)Sc2ccccc2)cc1. The first-order valence-electron chi connectivity index (χ1n) is 7.05. The fourth-order valence-electron chi connectivity index (χ4n) is 1.79. The number of thioether (sulfide) groups is 1. The Labute approximate surface area is 135 Å². The molecule has 3 nitrogen and oxygen atoms in total. The summed E-state index contributed by atoms with van der Waals surface area (Å²) in [7, 11) is 0. The quantitative estimate of drug-likeness (QED) is 0.609. The Bertz CT molecular complexity index is 611. The highest BCUT2D eigenvalue weighted by atomic mass is 32.2. The predicted molar refractivity (Wildman–Crippen MR) is 92.5 cm³/mol. The third-order valence-electron chi connectivity index (χ3n) is 2.91. The van der Waals surface area contributed by atoms with Crippen molar-refractivity contribution in [1.82, 2.24) is 0 Å². The molecule has 0 aromatic heterocycles. The van der Waals surface area contributed by atoms with Crippen LogP contribution >= 0.6 is 11.8 Å². The molecule has 1 N–H and O–H groups in total. The van der Waals surface area contributed by atoms with Crippen LogP contribution in [0.4, 0.5) is 5.69 Å². The largest absolute Gasteiger partial charge is 0.490 e. The van der Waals surface area contributed by atoms with E-state index in [0.717, 1.165) is 16.3 Å². The van der Waals surface area contributed by atoms with Crippen molar-refractivity contribution in [2.45, 2.75) is 17.1 Å². The van der Waals surface area contributed by atoms with Crippen molar-refractivity contribution in [1.29, 1.82) is 0 Å². The number of benzene rings is 2. The van der Waals surface area contributed by atoms with Crippen LogP contribution in [-0.2, 0) is 4.79 Å². The van der Waals surface area contributed by atoms with Gasteiger partial charge in [0, 0.05) is 10.6 Å². The summed E-state index contributed by atoms with van der Waals surface area (Å²) in [5, 5.41) is 2.74. The summed E-state index contributed by atoms with van der Waals surface area (Å²) in [6, 6.07) is 17.2. The molecule has 4 heteroatoms. The molecule has 0 radical (unpaired) electrons. The van der Waals surface area contributed by atoms with E-state index in [1.165, 1.54) is 11.8 Å². The summed E-state index contributed by atoms with van der Waals surface area (Å²) < 4.78 is 5.41. The molecule has 0 unspecified atom stereocenters. The summed E-state index contributed by atoms with van der Waals surface area (Å²) in [6.45, 7) is 5.97. The molecule has 114 valence electrons. The van der Waals surface area contributed by atoms with Gasteiger partial charge in [-0.05, 0) is 43.3 Å². The minimum Gasteiger partial charge on any atom is -0.490 e. The van der Waals surface area contributed by atoms with Gasteiger partial charge in [-0.2, -0.15) is 0 Å². The molecular formula is C18H19NO2S. The number of nitrogens with one attached hydrogen (secondary N) is 1. The Morgan fingerprint density at radius 1 is 1.23 bits per heavy atom. The van der Waals surface area contributed by atoms with Crippen molar-refractivity contribution in [2.24, 2.45) is 0 Å². The monoisotopic (exact) mass is 313 g/mol. The van der Waals surface area contributed by atoms with E-state index in [1.54, 1.807) is 6.08 Å². The van der Waals surface area contributed by atoms with Crippen LogP contribution in [0.25, 0.3) is 0 Å². The normalized spacial score (nSPS) is 11.5. The zero-order chi connectivity index (χ0) is 15.8. The van der Waals surface area contributed by atoms with Crippen molar-refractivity contribution in [3.05, 3.63) is 67.3 Å². The Hall–Kier alpha value is -2.20. The van der Waals surface area contributed by atoms with E-state index in [9.17, 15) is 4.79 Å². The lowest BCUT2D eigenvalue weighted by molar-refractivity contribution is -0.115. The molecule has 0 heterocycles. The van der Waals surface area contributed by atoms with Crippen LogP contribution in [0.5, 0.6) is 5.75 Å². The van der Waals surface area contributed by atoms with Gasteiger partial charge in [-0.3, -0.25) is 4.79 Å². The van der Waals surface area contributed by atoms with Crippen LogP contribution in [-0.4, -0.2) is 17.8 Å². The maximum atomic E-state index is 12.2. The zero-order valence-corrected chi connectivity index (χ0v) is 13.3. The molecule has 0 fully saturated rings. The molecule has 22 heavy (non-hydrogen) atoms. The maximum absolute atomic E-state index is 12.2. The average molecular weight is 313 g/mol. The van der Waals surface area contributed by atoms with E-state index in [0.29, 0.717) is 6.61 Å². The molecule has 1 amide bonds. The lowest BCUT2D eigenvalue weighted by atomic mass is 10.3. The summed E-state index contributed by atoms with van der Waals surface area (Å²) in [4.78, 5) is 13.3. The Balaban J connectivity index is 1.89. The fraction of sp³-hybridized carbons (Fsp3) is 0.167. The second-order valence-electron chi connectivity index (χ2n) is 4.69.